The number of nitrogens with zero attached hydrogens (tertiary/aromatic N) is 1. The van der Waals surface area contributed by atoms with Crippen LogP contribution < -0.4 is 5.32 Å². The number of nitrogens with one attached hydrogen (secondary N) is 1. The van der Waals surface area contributed by atoms with Crippen LogP contribution in [0, 0.1) is 5.92 Å². The van der Waals surface area contributed by atoms with Gasteiger partial charge >= 0.3 is 0 Å². The lowest BCUT2D eigenvalue weighted by Crippen LogP contribution is -2.47. The van der Waals surface area contributed by atoms with Crippen LogP contribution in [0.3, 0.4) is 0 Å². The molecule has 0 fully saturated rings. The molecule has 0 aromatic heterocycles. The Kier molecular flexibility index (Phi) is 7.98. The van der Waals surface area contributed by atoms with E-state index in [9.17, 15) is 19.8 Å². The first-order valence-electron chi connectivity index (χ1n) is 10.6. The van der Waals surface area contributed by atoms with Crippen molar-refractivity contribution in [3.8, 4) is 0 Å². The van der Waals surface area contributed by atoms with Crippen molar-refractivity contribution in [2.24, 2.45) is 5.92 Å². The summed E-state index contributed by atoms with van der Waals surface area (Å²) in [4.78, 5) is 27.8. The number of benzene rings is 2. The van der Waals surface area contributed by atoms with Crippen molar-refractivity contribution in [2.75, 3.05) is 13.2 Å². The third kappa shape index (κ3) is 5.60. The first-order valence-corrected chi connectivity index (χ1v) is 10.6. The monoisotopic (exact) mass is 422 g/mol. The minimum absolute atomic E-state index is 0.0173. The second kappa shape index (κ2) is 10.9. The number of aliphatic hydroxyl groups excluding tert-OH is 2. The maximum atomic E-state index is 13.1. The van der Waals surface area contributed by atoms with Gasteiger partial charge in [-0.1, -0.05) is 60.7 Å². The van der Waals surface area contributed by atoms with Gasteiger partial charge in [0.2, 0.25) is 11.8 Å². The number of hydrogen-bond donors (Lipinski definition) is 3. The number of allylic oxidation sites excluding steroid dienone is 1. The Bertz CT molecular complexity index is 899. The zero-order valence-electron chi connectivity index (χ0n) is 17.6. The van der Waals surface area contributed by atoms with Crippen LogP contribution in [0.4, 0.5) is 0 Å². The fourth-order valence-corrected chi connectivity index (χ4v) is 4.06. The van der Waals surface area contributed by atoms with Crippen LogP contribution in [0.1, 0.15) is 35.6 Å². The van der Waals surface area contributed by atoms with Crippen LogP contribution >= 0.6 is 0 Å². The van der Waals surface area contributed by atoms with E-state index in [1.54, 1.807) is 11.0 Å². The van der Waals surface area contributed by atoms with E-state index < -0.39 is 12.0 Å². The maximum Gasteiger partial charge on any atom is 0.224 e. The highest BCUT2D eigenvalue weighted by Gasteiger charge is 2.32. The van der Waals surface area contributed by atoms with Gasteiger partial charge < -0.3 is 20.4 Å². The molecule has 31 heavy (non-hydrogen) atoms. The molecule has 3 rings (SSSR count). The summed E-state index contributed by atoms with van der Waals surface area (Å²) in [5.74, 6) is -1.07. The first-order chi connectivity index (χ1) is 15.1. The van der Waals surface area contributed by atoms with Gasteiger partial charge in [0.15, 0.2) is 0 Å². The molecule has 2 aromatic carbocycles. The van der Waals surface area contributed by atoms with Crippen LogP contribution in [0.25, 0.3) is 0 Å². The second-order valence-corrected chi connectivity index (χ2v) is 7.91. The summed E-state index contributed by atoms with van der Waals surface area (Å²) in [7, 11) is 0. The summed E-state index contributed by atoms with van der Waals surface area (Å²) in [6.07, 6.45) is 2.59. The van der Waals surface area contributed by atoms with E-state index in [2.05, 4.69) is 11.9 Å². The molecule has 2 amide bonds. The lowest BCUT2D eigenvalue weighted by Gasteiger charge is -2.36. The standard InChI is InChI=1S/C25H30N2O4/c1-2-8-20(25(31)26-23(17-29)18-9-4-3-5-10-18)14-24(30)27-15-21-12-7-6-11-19(21)13-22(27)16-28/h2-7,9-12,20,22-23,28-29H,1,8,13-17H2,(H,26,31)/t20-,22+,23+/m1/s1. The van der Waals surface area contributed by atoms with E-state index in [1.165, 1.54) is 0 Å². The van der Waals surface area contributed by atoms with E-state index in [-0.39, 0.29) is 37.5 Å². The highest BCUT2D eigenvalue weighted by Crippen LogP contribution is 2.25. The van der Waals surface area contributed by atoms with E-state index in [4.69, 9.17) is 0 Å². The van der Waals surface area contributed by atoms with Crippen LogP contribution in [0.2, 0.25) is 0 Å². The van der Waals surface area contributed by atoms with Gasteiger partial charge in [-0.2, -0.15) is 0 Å². The van der Waals surface area contributed by atoms with Crippen LogP contribution in [0.5, 0.6) is 0 Å². The maximum absolute atomic E-state index is 13.1. The van der Waals surface area contributed by atoms with E-state index in [0.717, 1.165) is 16.7 Å². The van der Waals surface area contributed by atoms with Gasteiger partial charge in [-0.3, -0.25) is 9.59 Å². The average molecular weight is 423 g/mol. The molecule has 0 unspecified atom stereocenters. The Morgan fingerprint density at radius 3 is 2.42 bits per heavy atom. The molecular formula is C25H30N2O4. The van der Waals surface area contributed by atoms with Gasteiger partial charge in [-0.05, 0) is 29.5 Å². The lowest BCUT2D eigenvalue weighted by molar-refractivity contribution is -0.140. The Labute approximate surface area is 183 Å². The summed E-state index contributed by atoms with van der Waals surface area (Å²) in [5.41, 5.74) is 3.00. The molecule has 164 valence electrons. The van der Waals surface area contributed by atoms with Crippen molar-refractivity contribution in [3.05, 3.63) is 83.9 Å². The van der Waals surface area contributed by atoms with Crippen molar-refractivity contribution < 1.29 is 19.8 Å². The summed E-state index contributed by atoms with van der Waals surface area (Å²) < 4.78 is 0. The largest absolute Gasteiger partial charge is 0.394 e. The van der Waals surface area contributed by atoms with Crippen LogP contribution in [0.15, 0.2) is 67.3 Å². The molecule has 6 nitrogen and oxygen atoms in total. The van der Waals surface area contributed by atoms with Crippen molar-refractivity contribution >= 4 is 11.8 Å². The van der Waals surface area contributed by atoms with Gasteiger partial charge in [0, 0.05) is 13.0 Å². The summed E-state index contributed by atoms with van der Waals surface area (Å²) in [6, 6.07) is 16.3. The molecule has 0 saturated heterocycles. The number of carbonyl (C=O) groups excluding carboxylic acids is 2. The van der Waals surface area contributed by atoms with Gasteiger partial charge in [0.25, 0.3) is 0 Å². The Morgan fingerprint density at radius 1 is 1.10 bits per heavy atom. The Morgan fingerprint density at radius 2 is 1.77 bits per heavy atom. The number of fused-ring (bicyclic) bond motifs is 1. The van der Waals surface area contributed by atoms with Crippen molar-refractivity contribution in [3.63, 3.8) is 0 Å². The third-order valence-corrected chi connectivity index (χ3v) is 5.83. The lowest BCUT2D eigenvalue weighted by atomic mass is 9.92. The molecular weight excluding hydrogens is 392 g/mol. The van der Waals surface area contributed by atoms with Crippen LogP contribution in [-0.2, 0) is 22.6 Å². The van der Waals surface area contributed by atoms with E-state index in [0.29, 0.717) is 19.4 Å². The molecule has 1 heterocycles. The quantitative estimate of drug-likeness (QED) is 0.541. The SMILES string of the molecule is C=CC[C@H](CC(=O)N1Cc2ccccc2C[C@H]1CO)C(=O)N[C@@H](CO)c1ccccc1. The summed E-state index contributed by atoms with van der Waals surface area (Å²) in [5, 5.41) is 22.5. The third-order valence-electron chi connectivity index (χ3n) is 5.83. The van der Waals surface area contributed by atoms with Crippen molar-refractivity contribution in [1.29, 1.82) is 0 Å². The summed E-state index contributed by atoms with van der Waals surface area (Å²) in [6.45, 7) is 3.79. The van der Waals surface area contributed by atoms with Crippen molar-refractivity contribution in [2.45, 2.75) is 37.9 Å². The predicted octanol–water partition coefficient (Wildman–Crippen LogP) is 2.36. The molecule has 3 N–H and O–H groups in total. The molecule has 0 bridgehead atoms. The Hall–Kier alpha value is -2.96. The minimum Gasteiger partial charge on any atom is -0.394 e. The van der Waals surface area contributed by atoms with Gasteiger partial charge in [-0.15, -0.1) is 6.58 Å². The fourth-order valence-electron chi connectivity index (χ4n) is 4.06. The topological polar surface area (TPSA) is 89.9 Å². The van der Waals surface area contributed by atoms with Crippen molar-refractivity contribution in [1.82, 2.24) is 10.2 Å². The van der Waals surface area contributed by atoms with Gasteiger partial charge in [0.1, 0.15) is 0 Å². The molecule has 0 radical (unpaired) electrons. The first kappa shape index (κ1) is 22.7. The number of aliphatic hydroxyl groups is 2. The molecule has 6 heteroatoms. The molecule has 1 aliphatic heterocycles. The smallest absolute Gasteiger partial charge is 0.224 e. The molecule has 3 atom stereocenters. The second-order valence-electron chi connectivity index (χ2n) is 7.91. The minimum atomic E-state index is -0.598. The highest BCUT2D eigenvalue weighted by molar-refractivity contribution is 5.86. The van der Waals surface area contributed by atoms with Crippen LogP contribution in [-0.4, -0.2) is 46.2 Å². The molecule has 2 aromatic rings. The normalized spacial score (nSPS) is 17.4. The molecule has 0 spiro atoms. The van der Waals surface area contributed by atoms with E-state index in [1.807, 2.05) is 54.6 Å². The fraction of sp³-hybridized carbons (Fsp3) is 0.360. The molecule has 0 aliphatic carbocycles. The summed E-state index contributed by atoms with van der Waals surface area (Å²) >= 11 is 0. The average Bonchev–Trinajstić information content (AvgIpc) is 2.81. The zero-order valence-corrected chi connectivity index (χ0v) is 17.6. The molecule has 0 saturated carbocycles. The predicted molar refractivity (Wildman–Crippen MR) is 119 cm³/mol. The van der Waals surface area contributed by atoms with Gasteiger partial charge in [-0.25, -0.2) is 0 Å². The number of carbonyl (C=O) groups is 2. The number of amides is 2. The zero-order chi connectivity index (χ0) is 22.2. The highest BCUT2D eigenvalue weighted by atomic mass is 16.3. The van der Waals surface area contributed by atoms with Gasteiger partial charge in [0.05, 0.1) is 31.2 Å². The Balaban J connectivity index is 1.70. The molecule has 1 aliphatic rings. The number of hydrogen-bond acceptors (Lipinski definition) is 4. The van der Waals surface area contributed by atoms with E-state index >= 15 is 0 Å². The number of rotatable bonds is 9.